The second-order valence-corrected chi connectivity index (χ2v) is 8.84. The Bertz CT molecular complexity index is 944. The lowest BCUT2D eigenvalue weighted by atomic mass is 9.93. The van der Waals surface area contributed by atoms with Crippen molar-refractivity contribution >= 4 is 21.6 Å². The van der Waals surface area contributed by atoms with Crippen LogP contribution in [0.15, 0.2) is 53.4 Å². The van der Waals surface area contributed by atoms with E-state index >= 15 is 0 Å². The standard InChI is InChI=1S/C21H25FN2O4S/c1-2-16(17-6-4-3-5-7-17)14-21(25)23-18-8-9-19(22)20(15-18)29(26,27)24-10-12-28-13-11-24/h3-9,15-16H,2,10-14H2,1H3,(H,23,25). The third kappa shape index (κ3) is 5.20. The summed E-state index contributed by atoms with van der Waals surface area (Å²) in [6.07, 6.45) is 1.04. The highest BCUT2D eigenvalue weighted by Gasteiger charge is 2.29. The van der Waals surface area contributed by atoms with Gasteiger partial charge in [-0.25, -0.2) is 12.8 Å². The Balaban J connectivity index is 1.74. The lowest BCUT2D eigenvalue weighted by Gasteiger charge is -2.26. The van der Waals surface area contributed by atoms with Gasteiger partial charge in [-0.3, -0.25) is 4.79 Å². The van der Waals surface area contributed by atoms with E-state index in [2.05, 4.69) is 5.32 Å². The minimum Gasteiger partial charge on any atom is -0.379 e. The van der Waals surface area contributed by atoms with E-state index in [1.807, 2.05) is 37.3 Å². The molecule has 1 aliphatic heterocycles. The molecule has 0 radical (unpaired) electrons. The van der Waals surface area contributed by atoms with Gasteiger partial charge >= 0.3 is 0 Å². The predicted octanol–water partition coefficient (Wildman–Crippen LogP) is 3.37. The number of ether oxygens (including phenoxy) is 1. The maximum atomic E-state index is 14.3. The summed E-state index contributed by atoms with van der Waals surface area (Å²) in [6.45, 7) is 2.90. The van der Waals surface area contributed by atoms with Gasteiger partial charge in [0.25, 0.3) is 0 Å². The van der Waals surface area contributed by atoms with Crippen molar-refractivity contribution in [1.29, 1.82) is 0 Å². The summed E-state index contributed by atoms with van der Waals surface area (Å²) >= 11 is 0. The monoisotopic (exact) mass is 420 g/mol. The number of nitrogens with one attached hydrogen (secondary N) is 1. The van der Waals surface area contributed by atoms with Gasteiger partial charge in [-0.05, 0) is 36.1 Å². The minimum atomic E-state index is -3.99. The zero-order valence-corrected chi connectivity index (χ0v) is 17.1. The third-order valence-corrected chi connectivity index (χ3v) is 6.91. The van der Waals surface area contributed by atoms with Crippen molar-refractivity contribution in [3.8, 4) is 0 Å². The number of hydrogen-bond donors (Lipinski definition) is 1. The van der Waals surface area contributed by atoms with E-state index in [0.717, 1.165) is 18.1 Å². The molecule has 2 aromatic rings. The molecule has 3 rings (SSSR count). The molecule has 156 valence electrons. The van der Waals surface area contributed by atoms with Crippen molar-refractivity contribution < 1.29 is 22.3 Å². The molecule has 1 saturated heterocycles. The van der Waals surface area contributed by atoms with Gasteiger partial charge in [-0.1, -0.05) is 37.3 Å². The van der Waals surface area contributed by atoms with Crippen LogP contribution in [0.2, 0.25) is 0 Å². The van der Waals surface area contributed by atoms with Crippen molar-refractivity contribution in [2.75, 3.05) is 31.6 Å². The van der Waals surface area contributed by atoms with Gasteiger partial charge in [-0.2, -0.15) is 4.31 Å². The Labute approximate surface area is 170 Å². The van der Waals surface area contributed by atoms with Crippen LogP contribution in [-0.4, -0.2) is 44.9 Å². The van der Waals surface area contributed by atoms with Gasteiger partial charge in [0.2, 0.25) is 15.9 Å². The van der Waals surface area contributed by atoms with Crippen LogP contribution in [0.4, 0.5) is 10.1 Å². The zero-order valence-electron chi connectivity index (χ0n) is 16.3. The SMILES string of the molecule is CCC(CC(=O)Nc1ccc(F)c(S(=O)(=O)N2CCOCC2)c1)c1ccccc1. The Morgan fingerprint density at radius 2 is 1.86 bits per heavy atom. The summed E-state index contributed by atoms with van der Waals surface area (Å²) in [5.74, 6) is -1.04. The zero-order chi connectivity index (χ0) is 20.9. The van der Waals surface area contributed by atoms with Gasteiger partial charge in [-0.15, -0.1) is 0 Å². The van der Waals surface area contributed by atoms with Crippen molar-refractivity contribution in [1.82, 2.24) is 4.31 Å². The Morgan fingerprint density at radius 3 is 2.52 bits per heavy atom. The quantitative estimate of drug-likeness (QED) is 0.745. The number of halogens is 1. The highest BCUT2D eigenvalue weighted by atomic mass is 32.2. The second kappa shape index (κ2) is 9.47. The molecule has 1 heterocycles. The van der Waals surface area contributed by atoms with Crippen molar-refractivity contribution in [2.45, 2.75) is 30.6 Å². The normalized spacial score (nSPS) is 16.3. The molecule has 6 nitrogen and oxygen atoms in total. The van der Waals surface area contributed by atoms with E-state index in [0.29, 0.717) is 0 Å². The Hall–Kier alpha value is -2.29. The van der Waals surface area contributed by atoms with Gasteiger partial charge in [0.05, 0.1) is 13.2 Å². The number of sulfonamides is 1. The van der Waals surface area contributed by atoms with E-state index < -0.39 is 20.7 Å². The number of rotatable bonds is 7. The molecule has 0 bridgehead atoms. The Kier molecular flexibility index (Phi) is 7.00. The largest absolute Gasteiger partial charge is 0.379 e. The smallest absolute Gasteiger partial charge is 0.246 e. The topological polar surface area (TPSA) is 75.7 Å². The first-order chi connectivity index (χ1) is 13.9. The summed E-state index contributed by atoms with van der Waals surface area (Å²) in [6, 6.07) is 13.4. The minimum absolute atomic E-state index is 0.0493. The second-order valence-electron chi connectivity index (χ2n) is 6.93. The van der Waals surface area contributed by atoms with Crippen LogP contribution in [0.1, 0.15) is 31.2 Å². The molecule has 1 N–H and O–H groups in total. The van der Waals surface area contributed by atoms with Gasteiger partial charge in [0.15, 0.2) is 0 Å². The average molecular weight is 421 g/mol. The van der Waals surface area contributed by atoms with E-state index in [1.165, 1.54) is 16.4 Å². The van der Waals surface area contributed by atoms with Crippen LogP contribution in [-0.2, 0) is 19.6 Å². The van der Waals surface area contributed by atoms with E-state index in [9.17, 15) is 17.6 Å². The third-order valence-electron chi connectivity index (χ3n) is 5.00. The predicted molar refractivity (Wildman–Crippen MR) is 109 cm³/mol. The number of benzene rings is 2. The number of carbonyl (C=O) groups excluding carboxylic acids is 1. The van der Waals surface area contributed by atoms with E-state index in [4.69, 9.17) is 4.74 Å². The van der Waals surface area contributed by atoms with Crippen molar-refractivity contribution in [2.24, 2.45) is 0 Å². The summed E-state index contributed by atoms with van der Waals surface area (Å²) in [4.78, 5) is 12.1. The summed E-state index contributed by atoms with van der Waals surface area (Å²) in [5.41, 5.74) is 1.32. The van der Waals surface area contributed by atoms with Crippen LogP contribution in [0.25, 0.3) is 0 Å². The fraction of sp³-hybridized carbons (Fsp3) is 0.381. The number of hydrogen-bond acceptors (Lipinski definition) is 4. The number of amides is 1. The summed E-state index contributed by atoms with van der Waals surface area (Å²) in [5, 5.41) is 2.71. The molecule has 0 aliphatic carbocycles. The average Bonchev–Trinajstić information content (AvgIpc) is 2.74. The molecule has 1 amide bonds. The molecule has 0 spiro atoms. The summed E-state index contributed by atoms with van der Waals surface area (Å²) in [7, 11) is -3.99. The molecule has 0 saturated carbocycles. The Morgan fingerprint density at radius 1 is 1.17 bits per heavy atom. The molecule has 1 fully saturated rings. The molecule has 0 aromatic heterocycles. The first-order valence-corrected chi connectivity index (χ1v) is 11.1. The molecule has 29 heavy (non-hydrogen) atoms. The number of anilines is 1. The highest BCUT2D eigenvalue weighted by molar-refractivity contribution is 7.89. The lowest BCUT2D eigenvalue weighted by molar-refractivity contribution is -0.116. The molecule has 1 unspecified atom stereocenters. The van der Waals surface area contributed by atoms with Crippen LogP contribution in [0, 0.1) is 5.82 Å². The van der Waals surface area contributed by atoms with Crippen LogP contribution in [0.5, 0.6) is 0 Å². The van der Waals surface area contributed by atoms with E-state index in [1.54, 1.807) is 0 Å². The lowest BCUT2D eigenvalue weighted by Crippen LogP contribution is -2.40. The van der Waals surface area contributed by atoms with Crippen molar-refractivity contribution in [3.05, 3.63) is 59.9 Å². The number of morpholine rings is 1. The maximum absolute atomic E-state index is 14.3. The fourth-order valence-corrected chi connectivity index (χ4v) is 4.86. The number of carbonyl (C=O) groups is 1. The molecular formula is C21H25FN2O4S. The van der Waals surface area contributed by atoms with Gasteiger partial charge in [0.1, 0.15) is 10.7 Å². The van der Waals surface area contributed by atoms with Crippen LogP contribution >= 0.6 is 0 Å². The first-order valence-electron chi connectivity index (χ1n) is 9.64. The first kappa shape index (κ1) is 21.4. The summed E-state index contributed by atoms with van der Waals surface area (Å²) < 4.78 is 46.2. The maximum Gasteiger partial charge on any atom is 0.246 e. The van der Waals surface area contributed by atoms with Crippen LogP contribution in [0.3, 0.4) is 0 Å². The fourth-order valence-electron chi connectivity index (χ4n) is 3.36. The van der Waals surface area contributed by atoms with E-state index in [-0.39, 0.29) is 50.2 Å². The number of nitrogens with zero attached hydrogens (tertiary/aromatic N) is 1. The molecule has 1 aliphatic rings. The molecule has 1 atom stereocenters. The molecular weight excluding hydrogens is 395 g/mol. The van der Waals surface area contributed by atoms with Crippen molar-refractivity contribution in [3.63, 3.8) is 0 Å². The van der Waals surface area contributed by atoms with Gasteiger partial charge < -0.3 is 10.1 Å². The molecule has 2 aromatic carbocycles. The van der Waals surface area contributed by atoms with Gasteiger partial charge in [0, 0.05) is 25.2 Å². The van der Waals surface area contributed by atoms with Crippen LogP contribution < -0.4 is 5.32 Å². The highest BCUT2D eigenvalue weighted by Crippen LogP contribution is 2.26. The molecule has 8 heteroatoms.